The van der Waals surface area contributed by atoms with Crippen molar-refractivity contribution in [1.29, 1.82) is 0 Å². The molecular formula is C4H11NNaO7P. The smallest absolute Gasteiger partial charge is 1.00 e. The topological polar surface area (TPSA) is 150 Å². The van der Waals surface area contributed by atoms with E-state index in [1.54, 1.807) is 0 Å². The maximum Gasteiger partial charge on any atom is 1.00 e. The Morgan fingerprint density at radius 3 is 2.29 bits per heavy atom. The molecule has 0 heterocycles. The van der Waals surface area contributed by atoms with Crippen LogP contribution in [0.25, 0.3) is 0 Å². The van der Waals surface area contributed by atoms with Crippen molar-refractivity contribution < 1.29 is 64.9 Å². The number of hydrogen-bond acceptors (Lipinski definition) is 5. The monoisotopic (exact) mass is 239 g/mol. The number of aliphatic carboxylic acids is 1. The second-order valence-electron chi connectivity index (χ2n) is 2.22. The molecule has 0 unspecified atom stereocenters. The zero-order valence-corrected chi connectivity index (χ0v) is 10.3. The molecule has 0 aliphatic heterocycles. The Morgan fingerprint density at radius 1 is 1.57 bits per heavy atom. The number of phosphoric acid groups is 1. The summed E-state index contributed by atoms with van der Waals surface area (Å²) in [5.74, 6) is -1.48. The molecule has 2 atom stereocenters. The molecule has 0 amide bonds. The van der Waals surface area contributed by atoms with Crippen molar-refractivity contribution in [2.24, 2.45) is 5.73 Å². The number of phosphoric ester groups is 1. The first-order chi connectivity index (χ1) is 5.74. The van der Waals surface area contributed by atoms with Gasteiger partial charge in [0.2, 0.25) is 0 Å². The number of aliphatic hydroxyl groups excluding tert-OH is 1. The second-order valence-corrected chi connectivity index (χ2v) is 3.46. The molecule has 0 aromatic carbocycles. The van der Waals surface area contributed by atoms with Gasteiger partial charge in [0.25, 0.3) is 0 Å². The van der Waals surface area contributed by atoms with Crippen LogP contribution in [0.5, 0.6) is 0 Å². The third kappa shape index (κ3) is 7.86. The molecule has 0 aliphatic rings. The van der Waals surface area contributed by atoms with Gasteiger partial charge in [-0.15, -0.1) is 0 Å². The number of aliphatic hydroxyl groups is 1. The van der Waals surface area contributed by atoms with Crippen LogP contribution >= 0.6 is 7.82 Å². The summed E-state index contributed by atoms with van der Waals surface area (Å²) in [6, 6.07) is -1.63. The largest absolute Gasteiger partial charge is 1.00 e. The molecule has 14 heavy (non-hydrogen) atoms. The zero-order valence-electron chi connectivity index (χ0n) is 8.40. The molecule has 0 aliphatic carbocycles. The number of nitrogens with two attached hydrogens (primary N) is 1. The number of rotatable bonds is 5. The van der Waals surface area contributed by atoms with E-state index in [1.165, 1.54) is 0 Å². The maximum absolute atomic E-state index is 10.1. The van der Waals surface area contributed by atoms with Crippen molar-refractivity contribution in [3.8, 4) is 0 Å². The number of carboxylic acids is 1. The minimum Gasteiger partial charge on any atom is -1.00 e. The van der Waals surface area contributed by atoms with Gasteiger partial charge in [0, 0.05) is 0 Å². The van der Waals surface area contributed by atoms with Crippen LogP contribution in [-0.2, 0) is 13.9 Å². The summed E-state index contributed by atoms with van der Waals surface area (Å²) in [4.78, 5) is 26.5. The Morgan fingerprint density at radius 2 is 2.00 bits per heavy atom. The van der Waals surface area contributed by atoms with Crippen LogP contribution in [-0.4, -0.2) is 44.7 Å². The van der Waals surface area contributed by atoms with E-state index in [1.807, 2.05) is 0 Å². The molecule has 0 aromatic heterocycles. The number of carboxylic acid groups (broad SMARTS) is 1. The molecule has 0 spiro atoms. The van der Waals surface area contributed by atoms with Crippen molar-refractivity contribution in [3.05, 3.63) is 0 Å². The van der Waals surface area contributed by atoms with Gasteiger partial charge in [-0.2, -0.15) is 0 Å². The third-order valence-corrected chi connectivity index (χ3v) is 1.60. The maximum atomic E-state index is 10.1. The first kappa shape index (κ1) is 16.9. The number of carbonyl (C=O) groups is 1. The average Bonchev–Trinajstić information content (AvgIpc) is 1.97. The molecule has 10 heteroatoms. The van der Waals surface area contributed by atoms with Crippen molar-refractivity contribution in [2.45, 2.75) is 12.1 Å². The zero-order chi connectivity index (χ0) is 10.6. The standard InChI is InChI=1S/C4H10NO7P.Na.H/c5-3(4(7)8)2(6)1-12-13(9,10)11;;/h2-3,6H,1,5H2,(H,7,8)(H2,9,10,11);;/q;+1;-1/t2-,3+;;/m1../s1. The molecule has 0 saturated heterocycles. The van der Waals surface area contributed by atoms with Crippen LogP contribution in [0.3, 0.4) is 0 Å². The molecule has 8 nitrogen and oxygen atoms in total. The molecule has 0 rings (SSSR count). The summed E-state index contributed by atoms with van der Waals surface area (Å²) >= 11 is 0. The van der Waals surface area contributed by atoms with E-state index in [9.17, 15) is 9.36 Å². The van der Waals surface area contributed by atoms with E-state index in [-0.39, 0.29) is 31.0 Å². The summed E-state index contributed by atoms with van der Waals surface area (Å²) in [5.41, 5.74) is 4.91. The van der Waals surface area contributed by atoms with Crippen LogP contribution in [0.2, 0.25) is 0 Å². The van der Waals surface area contributed by atoms with Crippen LogP contribution in [0.1, 0.15) is 1.43 Å². The van der Waals surface area contributed by atoms with Crippen LogP contribution in [0.15, 0.2) is 0 Å². The van der Waals surface area contributed by atoms with Crippen LogP contribution in [0, 0.1) is 0 Å². The van der Waals surface area contributed by atoms with Gasteiger partial charge in [-0.3, -0.25) is 9.32 Å². The normalized spacial score (nSPS) is 15.4. The fourth-order valence-corrected chi connectivity index (χ4v) is 0.789. The Labute approximate surface area is 103 Å². The first-order valence-electron chi connectivity index (χ1n) is 3.10. The van der Waals surface area contributed by atoms with Crippen LogP contribution in [0.4, 0.5) is 0 Å². The van der Waals surface area contributed by atoms with E-state index >= 15 is 0 Å². The van der Waals surface area contributed by atoms with Gasteiger partial charge in [-0.05, 0) is 0 Å². The van der Waals surface area contributed by atoms with Gasteiger partial charge in [-0.25, -0.2) is 4.57 Å². The molecule has 0 bridgehead atoms. The van der Waals surface area contributed by atoms with E-state index in [0.717, 1.165) is 0 Å². The minimum atomic E-state index is -4.70. The minimum absolute atomic E-state index is 0. The molecule has 0 aromatic rings. The van der Waals surface area contributed by atoms with Crippen molar-refractivity contribution in [3.63, 3.8) is 0 Å². The predicted molar refractivity (Wildman–Crippen MR) is 40.7 cm³/mol. The van der Waals surface area contributed by atoms with E-state index < -0.39 is 32.5 Å². The summed E-state index contributed by atoms with van der Waals surface area (Å²) in [7, 11) is -4.70. The Kier molecular flexibility index (Phi) is 8.32. The Hall–Kier alpha value is 0.500. The fraction of sp³-hybridized carbons (Fsp3) is 0.750. The molecular weight excluding hydrogens is 228 g/mol. The molecule has 0 saturated carbocycles. The quantitative estimate of drug-likeness (QED) is 0.236. The summed E-state index contributed by atoms with van der Waals surface area (Å²) in [5, 5.41) is 17.1. The van der Waals surface area contributed by atoms with Gasteiger partial charge in [0.05, 0.1) is 6.61 Å². The number of hydrogen-bond donors (Lipinski definition) is 5. The van der Waals surface area contributed by atoms with E-state index in [0.29, 0.717) is 0 Å². The van der Waals surface area contributed by atoms with Gasteiger partial charge in [0.1, 0.15) is 12.1 Å². The van der Waals surface area contributed by atoms with Crippen molar-refractivity contribution in [2.75, 3.05) is 6.61 Å². The van der Waals surface area contributed by atoms with Gasteiger partial charge in [0.15, 0.2) is 0 Å². The third-order valence-electron chi connectivity index (χ3n) is 1.11. The van der Waals surface area contributed by atoms with Crippen molar-refractivity contribution >= 4 is 13.8 Å². The van der Waals surface area contributed by atoms with Gasteiger partial charge >= 0.3 is 43.3 Å². The van der Waals surface area contributed by atoms with Crippen molar-refractivity contribution in [1.82, 2.24) is 0 Å². The first-order valence-corrected chi connectivity index (χ1v) is 4.63. The Bertz CT molecular complexity index is 235. The molecule has 0 fully saturated rings. The molecule has 6 N–H and O–H groups in total. The summed E-state index contributed by atoms with van der Waals surface area (Å²) in [6.45, 7) is -0.836. The predicted octanol–water partition coefficient (Wildman–Crippen LogP) is -5.01. The fourth-order valence-electron chi connectivity index (χ4n) is 0.442. The molecule has 80 valence electrons. The summed E-state index contributed by atoms with van der Waals surface area (Å²) < 4.78 is 13.9. The van der Waals surface area contributed by atoms with E-state index in [4.69, 9.17) is 25.7 Å². The van der Waals surface area contributed by atoms with Gasteiger partial charge < -0.3 is 27.2 Å². The van der Waals surface area contributed by atoms with E-state index in [2.05, 4.69) is 4.52 Å². The average molecular weight is 239 g/mol. The SMILES string of the molecule is N[C@H](C(=O)O)[C@H](O)COP(=O)(O)O.[H-].[Na+]. The van der Waals surface area contributed by atoms with Gasteiger partial charge in [-0.1, -0.05) is 0 Å². The Balaban J connectivity index is -0.000000720. The second kappa shape index (κ2) is 6.89. The summed E-state index contributed by atoms with van der Waals surface area (Å²) in [6.07, 6.45) is -1.66. The molecule has 0 radical (unpaired) electrons. The van der Waals surface area contributed by atoms with Crippen LogP contribution < -0.4 is 35.3 Å².